The first-order valence-corrected chi connectivity index (χ1v) is 8.62. The average Bonchev–Trinajstić information content (AvgIpc) is 3.06. The van der Waals surface area contributed by atoms with Crippen molar-refractivity contribution in [3.8, 4) is 11.5 Å². The number of likely N-dealkylation sites (N-methyl/N-ethyl adjacent to an activating group) is 1. The predicted octanol–water partition coefficient (Wildman–Crippen LogP) is 1.81. The second-order valence-corrected chi connectivity index (χ2v) is 6.54. The van der Waals surface area contributed by atoms with E-state index in [-0.39, 0.29) is 30.6 Å². The molecule has 4 rings (SSSR count). The van der Waals surface area contributed by atoms with Crippen molar-refractivity contribution >= 4 is 11.8 Å². The topological polar surface area (TPSA) is 59.1 Å². The van der Waals surface area contributed by atoms with Gasteiger partial charge in [0, 0.05) is 13.6 Å². The average molecular weight is 352 g/mol. The summed E-state index contributed by atoms with van der Waals surface area (Å²) in [7, 11) is 1.76. The molecule has 26 heavy (non-hydrogen) atoms. The van der Waals surface area contributed by atoms with Crippen LogP contribution in [0.5, 0.6) is 11.5 Å². The van der Waals surface area contributed by atoms with Crippen molar-refractivity contribution in [2.45, 2.75) is 12.1 Å². The summed E-state index contributed by atoms with van der Waals surface area (Å²) in [6.07, 6.45) is -0.242. The highest BCUT2D eigenvalue weighted by molar-refractivity contribution is 5.97. The molecule has 134 valence electrons. The summed E-state index contributed by atoms with van der Waals surface area (Å²) >= 11 is 0. The first kappa shape index (κ1) is 16.4. The fraction of sp³-hybridized carbons (Fsp3) is 0.300. The van der Waals surface area contributed by atoms with Crippen molar-refractivity contribution in [2.75, 3.05) is 26.7 Å². The van der Waals surface area contributed by atoms with E-state index in [1.165, 1.54) is 0 Å². The quantitative estimate of drug-likeness (QED) is 0.845. The molecular formula is C20H20N2O4. The third-order valence-corrected chi connectivity index (χ3v) is 4.91. The highest BCUT2D eigenvalue weighted by atomic mass is 16.5. The first-order valence-electron chi connectivity index (χ1n) is 8.62. The summed E-state index contributed by atoms with van der Waals surface area (Å²) in [5, 5.41) is 0. The van der Waals surface area contributed by atoms with Crippen molar-refractivity contribution in [2.24, 2.45) is 0 Å². The van der Waals surface area contributed by atoms with Gasteiger partial charge in [0.1, 0.15) is 17.6 Å². The minimum atomic E-state index is -0.242. The summed E-state index contributed by atoms with van der Waals surface area (Å²) in [6.45, 7) is 0.850. The number of ether oxygens (including phenoxy) is 2. The zero-order chi connectivity index (χ0) is 18.1. The zero-order valence-electron chi connectivity index (χ0n) is 14.5. The van der Waals surface area contributed by atoms with E-state index in [0.717, 1.165) is 0 Å². The second kappa shape index (κ2) is 6.71. The molecule has 0 aromatic heterocycles. The number of nitrogens with zero attached hydrogens (tertiary/aromatic N) is 2. The maximum atomic E-state index is 12.7. The van der Waals surface area contributed by atoms with E-state index in [9.17, 15) is 9.59 Å². The van der Waals surface area contributed by atoms with E-state index < -0.39 is 0 Å². The normalized spacial score (nSPS) is 21.5. The van der Waals surface area contributed by atoms with Gasteiger partial charge in [0.05, 0.1) is 18.2 Å². The highest BCUT2D eigenvalue weighted by Crippen LogP contribution is 2.30. The summed E-state index contributed by atoms with van der Waals surface area (Å²) in [5.41, 5.74) is 0.565. The van der Waals surface area contributed by atoms with E-state index in [4.69, 9.17) is 9.47 Å². The van der Waals surface area contributed by atoms with Gasteiger partial charge in [-0.2, -0.15) is 0 Å². The van der Waals surface area contributed by atoms with E-state index in [1.54, 1.807) is 29.0 Å². The molecule has 0 bridgehead atoms. The van der Waals surface area contributed by atoms with Gasteiger partial charge in [-0.05, 0) is 24.3 Å². The first-order chi connectivity index (χ1) is 12.6. The monoisotopic (exact) mass is 352 g/mol. The highest BCUT2D eigenvalue weighted by Gasteiger charge is 2.43. The molecule has 2 aromatic carbocycles. The molecule has 1 saturated heterocycles. The van der Waals surface area contributed by atoms with Crippen LogP contribution in [0.15, 0.2) is 54.6 Å². The van der Waals surface area contributed by atoms with Gasteiger partial charge in [-0.25, -0.2) is 0 Å². The molecule has 2 aromatic rings. The van der Waals surface area contributed by atoms with Crippen molar-refractivity contribution in [3.05, 3.63) is 60.2 Å². The lowest BCUT2D eigenvalue weighted by atomic mass is 10.1. The molecule has 0 radical (unpaired) electrons. The molecule has 6 nitrogen and oxygen atoms in total. The van der Waals surface area contributed by atoms with E-state index in [1.807, 2.05) is 42.5 Å². The van der Waals surface area contributed by atoms with Gasteiger partial charge in [0.2, 0.25) is 0 Å². The number of hydrogen-bond donors (Lipinski definition) is 0. The number of benzene rings is 2. The van der Waals surface area contributed by atoms with E-state index in [0.29, 0.717) is 30.2 Å². The van der Waals surface area contributed by atoms with E-state index in [2.05, 4.69) is 0 Å². The Hall–Kier alpha value is -3.02. The lowest BCUT2D eigenvalue weighted by Crippen LogP contribution is -2.44. The molecule has 2 heterocycles. The van der Waals surface area contributed by atoms with Crippen LogP contribution in [0.25, 0.3) is 0 Å². The Morgan fingerprint density at radius 3 is 2.65 bits per heavy atom. The number of rotatable bonds is 3. The number of para-hydroxylation sites is 2. The molecule has 2 amide bonds. The Morgan fingerprint density at radius 1 is 1.12 bits per heavy atom. The van der Waals surface area contributed by atoms with Gasteiger partial charge in [-0.3, -0.25) is 9.59 Å². The van der Waals surface area contributed by atoms with E-state index >= 15 is 0 Å². The largest absolute Gasteiger partial charge is 0.486 e. The molecule has 1 fully saturated rings. The van der Waals surface area contributed by atoms with Gasteiger partial charge in [0.15, 0.2) is 6.61 Å². The fourth-order valence-corrected chi connectivity index (χ4v) is 3.45. The molecule has 0 N–H and O–H groups in total. The maximum Gasteiger partial charge on any atom is 0.260 e. The van der Waals surface area contributed by atoms with Crippen LogP contribution < -0.4 is 9.47 Å². The second-order valence-electron chi connectivity index (χ2n) is 6.54. The lowest BCUT2D eigenvalue weighted by molar-refractivity contribution is -0.132. The third-order valence-electron chi connectivity index (χ3n) is 4.91. The number of amides is 2. The van der Waals surface area contributed by atoms with Gasteiger partial charge in [-0.15, -0.1) is 0 Å². The van der Waals surface area contributed by atoms with Crippen LogP contribution in [-0.4, -0.2) is 60.5 Å². The maximum absolute atomic E-state index is 12.7. The molecular weight excluding hydrogens is 332 g/mol. The molecule has 0 aliphatic carbocycles. The molecule has 0 spiro atoms. The Bertz CT molecular complexity index is 824. The number of carbonyl (C=O) groups excluding carboxylic acids is 2. The Labute approximate surface area is 151 Å². The number of hydrogen-bond acceptors (Lipinski definition) is 4. The molecule has 2 atom stereocenters. The summed E-state index contributed by atoms with van der Waals surface area (Å²) in [5.74, 6) is 1.04. The predicted molar refractivity (Wildman–Crippen MR) is 95.3 cm³/mol. The van der Waals surface area contributed by atoms with Gasteiger partial charge < -0.3 is 19.3 Å². The van der Waals surface area contributed by atoms with Gasteiger partial charge in [-0.1, -0.05) is 30.3 Å². The van der Waals surface area contributed by atoms with Crippen molar-refractivity contribution < 1.29 is 19.1 Å². The minimum Gasteiger partial charge on any atom is -0.486 e. The zero-order valence-corrected chi connectivity index (χ0v) is 14.5. The fourth-order valence-electron chi connectivity index (χ4n) is 3.45. The smallest absolute Gasteiger partial charge is 0.260 e. The Morgan fingerprint density at radius 2 is 1.85 bits per heavy atom. The Balaban J connectivity index is 1.46. The van der Waals surface area contributed by atoms with Crippen LogP contribution in [0.2, 0.25) is 0 Å². The van der Waals surface area contributed by atoms with Gasteiger partial charge in [0.25, 0.3) is 11.8 Å². The molecule has 2 aliphatic rings. The van der Waals surface area contributed by atoms with Crippen LogP contribution in [-0.2, 0) is 4.79 Å². The van der Waals surface area contributed by atoms with Gasteiger partial charge >= 0.3 is 0 Å². The summed E-state index contributed by atoms with van der Waals surface area (Å²) in [4.78, 5) is 28.6. The minimum absolute atomic E-state index is 0.0301. The van der Waals surface area contributed by atoms with Crippen LogP contribution in [0.4, 0.5) is 0 Å². The van der Waals surface area contributed by atoms with Crippen LogP contribution in [0.3, 0.4) is 0 Å². The molecule has 0 saturated carbocycles. The summed E-state index contributed by atoms with van der Waals surface area (Å²) in [6, 6.07) is 16.3. The third kappa shape index (κ3) is 2.98. The standard InChI is InChI=1S/C20H20N2O4/c1-21-16-11-22(19(23)13-25-14-7-3-2-4-8-14)12-18(16)26-17-10-6-5-9-15(17)20(21)24/h2-10,16,18H,11-13H2,1H3/t16-,18+/m1/s1. The number of likely N-dealkylation sites (tertiary alicyclic amines) is 1. The number of carbonyl (C=O) groups is 2. The van der Waals surface area contributed by atoms with Crippen molar-refractivity contribution in [3.63, 3.8) is 0 Å². The SMILES string of the molecule is CN1C(=O)c2ccccc2O[C@H]2CN(C(=O)COc3ccccc3)C[C@H]21. The van der Waals surface area contributed by atoms with Crippen molar-refractivity contribution in [1.29, 1.82) is 0 Å². The van der Waals surface area contributed by atoms with Crippen LogP contribution in [0, 0.1) is 0 Å². The van der Waals surface area contributed by atoms with Crippen LogP contribution in [0.1, 0.15) is 10.4 Å². The number of fused-ring (bicyclic) bond motifs is 2. The molecule has 6 heteroatoms. The lowest BCUT2D eigenvalue weighted by Gasteiger charge is -2.25. The molecule has 2 aliphatic heterocycles. The molecule has 0 unspecified atom stereocenters. The Kier molecular flexibility index (Phi) is 4.24. The summed E-state index contributed by atoms with van der Waals surface area (Å²) < 4.78 is 11.6. The van der Waals surface area contributed by atoms with Crippen molar-refractivity contribution in [1.82, 2.24) is 9.80 Å². The van der Waals surface area contributed by atoms with Crippen LogP contribution >= 0.6 is 0 Å².